The molecule has 0 unspecified atom stereocenters. The summed E-state index contributed by atoms with van der Waals surface area (Å²) in [6.07, 6.45) is 1.85. The first-order chi connectivity index (χ1) is 21.8. The molecule has 0 aliphatic rings. The van der Waals surface area contributed by atoms with Crippen molar-refractivity contribution in [1.29, 1.82) is 0 Å². The van der Waals surface area contributed by atoms with Gasteiger partial charge in [-0.1, -0.05) is 97.1 Å². The number of para-hydroxylation sites is 1. The van der Waals surface area contributed by atoms with Gasteiger partial charge in [0.2, 0.25) is 0 Å². The number of aromatic nitrogens is 5. The van der Waals surface area contributed by atoms with Crippen molar-refractivity contribution in [2.45, 2.75) is 0 Å². The average molecular weight is 566 g/mol. The zero-order valence-electron chi connectivity index (χ0n) is 23.4. The van der Waals surface area contributed by atoms with Crippen molar-refractivity contribution in [3.63, 3.8) is 0 Å². The largest absolute Gasteiger partial charge is 0.456 e. The fourth-order valence-electron chi connectivity index (χ4n) is 6.19. The van der Waals surface area contributed by atoms with E-state index in [4.69, 9.17) is 24.4 Å². The quantitative estimate of drug-likeness (QED) is 0.213. The minimum absolute atomic E-state index is 0.584. The Bertz CT molecular complexity index is 2390. The molecule has 0 atom stereocenters. The molecule has 6 heteroatoms. The van der Waals surface area contributed by atoms with Gasteiger partial charge in [-0.05, 0) is 36.4 Å². The van der Waals surface area contributed by atoms with Crippen molar-refractivity contribution in [2.75, 3.05) is 0 Å². The molecule has 6 nitrogen and oxygen atoms in total. The molecule has 0 bridgehead atoms. The Morgan fingerprint density at radius 2 is 1.09 bits per heavy atom. The molecule has 0 aliphatic heterocycles. The monoisotopic (exact) mass is 565 g/mol. The molecule has 5 aromatic carbocycles. The highest BCUT2D eigenvalue weighted by Crippen LogP contribution is 2.41. The summed E-state index contributed by atoms with van der Waals surface area (Å²) in [5, 5.41) is 4.18. The van der Waals surface area contributed by atoms with E-state index >= 15 is 0 Å². The molecule has 0 saturated heterocycles. The second-order valence-electron chi connectivity index (χ2n) is 10.7. The van der Waals surface area contributed by atoms with E-state index in [9.17, 15) is 0 Å². The molecule has 4 heterocycles. The van der Waals surface area contributed by atoms with Gasteiger partial charge in [-0.3, -0.25) is 4.57 Å². The summed E-state index contributed by atoms with van der Waals surface area (Å²) < 4.78 is 8.74. The van der Waals surface area contributed by atoms with E-state index in [1.54, 1.807) is 0 Å². The number of fused-ring (bicyclic) bond motifs is 6. The Balaban J connectivity index is 1.37. The van der Waals surface area contributed by atoms with Gasteiger partial charge in [0.1, 0.15) is 16.8 Å². The number of hydrogen-bond acceptors (Lipinski definition) is 5. The number of rotatable bonds is 4. The zero-order valence-corrected chi connectivity index (χ0v) is 23.4. The predicted molar refractivity (Wildman–Crippen MR) is 176 cm³/mol. The second kappa shape index (κ2) is 9.71. The van der Waals surface area contributed by atoms with Crippen LogP contribution in [-0.2, 0) is 0 Å². The second-order valence-corrected chi connectivity index (χ2v) is 10.7. The maximum atomic E-state index is 6.50. The Morgan fingerprint density at radius 3 is 1.84 bits per heavy atom. The van der Waals surface area contributed by atoms with E-state index < -0.39 is 0 Å². The first-order valence-electron chi connectivity index (χ1n) is 14.5. The molecule has 44 heavy (non-hydrogen) atoms. The van der Waals surface area contributed by atoms with Crippen LogP contribution in [0, 0.1) is 0 Å². The molecule has 0 saturated carbocycles. The van der Waals surface area contributed by atoms with E-state index in [1.807, 2.05) is 97.2 Å². The molecule has 206 valence electrons. The van der Waals surface area contributed by atoms with E-state index in [0.717, 1.165) is 66.3 Å². The molecule has 0 spiro atoms. The first kappa shape index (κ1) is 24.5. The predicted octanol–water partition coefficient (Wildman–Crippen LogP) is 9.26. The number of nitrogens with zero attached hydrogens (tertiary/aromatic N) is 5. The lowest BCUT2D eigenvalue weighted by Crippen LogP contribution is -2.00. The highest BCUT2D eigenvalue weighted by atomic mass is 16.3. The fraction of sp³-hybridized carbons (Fsp3) is 0. The molecule has 4 aromatic heterocycles. The van der Waals surface area contributed by atoms with Gasteiger partial charge in [0, 0.05) is 39.0 Å². The SMILES string of the molecule is c1ccc(-c2nc(-c3ccccc3)nc(-c3cccc4oc5cccc(-n6c7ccccc7c7cccnc76)c5c34)n2)cc1. The van der Waals surface area contributed by atoms with Crippen LogP contribution in [0.1, 0.15) is 0 Å². The van der Waals surface area contributed by atoms with E-state index in [-0.39, 0.29) is 0 Å². The van der Waals surface area contributed by atoms with Crippen LogP contribution >= 0.6 is 0 Å². The van der Waals surface area contributed by atoms with Gasteiger partial charge in [-0.15, -0.1) is 0 Å². The maximum Gasteiger partial charge on any atom is 0.164 e. The van der Waals surface area contributed by atoms with Gasteiger partial charge in [-0.2, -0.15) is 0 Å². The standard InChI is InChI=1S/C38H23N5O/c1-3-12-24(13-4-1)35-40-36(25-14-5-2-6-15-25)42-37(41-35)28-17-9-21-31-33(28)34-30(20-10-22-32(34)44-31)43-29-19-8-7-16-26(29)27-18-11-23-39-38(27)43/h1-23H. The van der Waals surface area contributed by atoms with Crippen LogP contribution < -0.4 is 0 Å². The molecule has 0 fully saturated rings. The lowest BCUT2D eigenvalue weighted by Gasteiger charge is -2.11. The number of pyridine rings is 1. The molecule has 0 amide bonds. The summed E-state index contributed by atoms with van der Waals surface area (Å²) in [6, 6.07) is 44.9. The number of hydrogen-bond donors (Lipinski definition) is 0. The van der Waals surface area contributed by atoms with Gasteiger partial charge in [-0.25, -0.2) is 19.9 Å². The summed E-state index contributed by atoms with van der Waals surface area (Å²) in [7, 11) is 0. The maximum absolute atomic E-state index is 6.50. The average Bonchev–Trinajstić information content (AvgIpc) is 3.65. The molecule has 0 radical (unpaired) electrons. The summed E-state index contributed by atoms with van der Waals surface area (Å²) in [4.78, 5) is 19.8. The van der Waals surface area contributed by atoms with Crippen LogP contribution in [0.2, 0.25) is 0 Å². The third-order valence-corrected chi connectivity index (χ3v) is 8.12. The van der Waals surface area contributed by atoms with E-state index in [0.29, 0.717) is 17.5 Å². The van der Waals surface area contributed by atoms with E-state index in [2.05, 4.69) is 47.0 Å². The van der Waals surface area contributed by atoms with Crippen molar-refractivity contribution in [1.82, 2.24) is 24.5 Å². The fourth-order valence-corrected chi connectivity index (χ4v) is 6.19. The van der Waals surface area contributed by atoms with Crippen molar-refractivity contribution in [3.8, 4) is 39.9 Å². The minimum Gasteiger partial charge on any atom is -0.456 e. The van der Waals surface area contributed by atoms with Crippen LogP contribution in [0.15, 0.2) is 144 Å². The Labute approximate surface area is 251 Å². The Morgan fingerprint density at radius 1 is 0.477 bits per heavy atom. The lowest BCUT2D eigenvalue weighted by atomic mass is 10.0. The molecule has 9 rings (SSSR count). The topological polar surface area (TPSA) is 69.6 Å². The van der Waals surface area contributed by atoms with Gasteiger partial charge >= 0.3 is 0 Å². The highest BCUT2D eigenvalue weighted by Gasteiger charge is 2.22. The van der Waals surface area contributed by atoms with Crippen LogP contribution in [-0.4, -0.2) is 24.5 Å². The van der Waals surface area contributed by atoms with Gasteiger partial charge in [0.05, 0.1) is 16.6 Å². The first-order valence-corrected chi connectivity index (χ1v) is 14.5. The minimum atomic E-state index is 0.584. The Kier molecular flexibility index (Phi) is 5.40. The summed E-state index contributed by atoms with van der Waals surface area (Å²) in [5.74, 6) is 1.82. The van der Waals surface area contributed by atoms with Gasteiger partial charge in [0.15, 0.2) is 17.5 Å². The molecule has 0 N–H and O–H groups in total. The summed E-state index contributed by atoms with van der Waals surface area (Å²) >= 11 is 0. The number of furan rings is 1. The van der Waals surface area contributed by atoms with Crippen molar-refractivity contribution in [3.05, 3.63) is 140 Å². The van der Waals surface area contributed by atoms with Crippen LogP contribution in [0.25, 0.3) is 83.7 Å². The summed E-state index contributed by atoms with van der Waals surface area (Å²) in [6.45, 7) is 0. The number of benzene rings is 5. The van der Waals surface area contributed by atoms with Crippen molar-refractivity contribution >= 4 is 43.9 Å². The third kappa shape index (κ3) is 3.75. The third-order valence-electron chi connectivity index (χ3n) is 8.12. The van der Waals surface area contributed by atoms with Crippen LogP contribution in [0.4, 0.5) is 0 Å². The smallest absolute Gasteiger partial charge is 0.164 e. The summed E-state index contributed by atoms with van der Waals surface area (Å²) in [5.41, 5.74) is 7.24. The highest BCUT2D eigenvalue weighted by molar-refractivity contribution is 6.17. The Hall–Kier alpha value is -6.14. The van der Waals surface area contributed by atoms with Crippen molar-refractivity contribution in [2.24, 2.45) is 0 Å². The van der Waals surface area contributed by atoms with Gasteiger partial charge in [0.25, 0.3) is 0 Å². The molecular formula is C38H23N5O. The normalized spacial score (nSPS) is 11.6. The van der Waals surface area contributed by atoms with Crippen LogP contribution in [0.3, 0.4) is 0 Å². The zero-order chi connectivity index (χ0) is 29.0. The lowest BCUT2D eigenvalue weighted by molar-refractivity contribution is 0.669. The van der Waals surface area contributed by atoms with Crippen molar-refractivity contribution < 1.29 is 4.42 Å². The molecular weight excluding hydrogens is 542 g/mol. The van der Waals surface area contributed by atoms with Crippen LogP contribution in [0.5, 0.6) is 0 Å². The van der Waals surface area contributed by atoms with E-state index in [1.165, 1.54) is 0 Å². The molecule has 0 aliphatic carbocycles. The van der Waals surface area contributed by atoms with Gasteiger partial charge < -0.3 is 4.42 Å². The molecule has 9 aromatic rings.